The summed E-state index contributed by atoms with van der Waals surface area (Å²) in [5.41, 5.74) is 2.62. The fourth-order valence-electron chi connectivity index (χ4n) is 2.83. The average Bonchev–Trinajstić information content (AvgIpc) is 3.09. The number of methoxy groups -OCH3 is 2. The van der Waals surface area contributed by atoms with Crippen LogP contribution in [0.4, 0.5) is 0 Å². The van der Waals surface area contributed by atoms with Crippen molar-refractivity contribution in [3.63, 3.8) is 0 Å². The zero-order valence-electron chi connectivity index (χ0n) is 14.8. The smallest absolute Gasteiger partial charge is 0.227 e. The maximum absolute atomic E-state index is 11.8. The van der Waals surface area contributed by atoms with Crippen LogP contribution in [0.1, 0.15) is 18.4 Å². The first kappa shape index (κ1) is 16.9. The number of hydrogen-bond acceptors (Lipinski definition) is 4. The summed E-state index contributed by atoms with van der Waals surface area (Å²) in [4.78, 5) is 11.8. The van der Waals surface area contributed by atoms with E-state index in [1.807, 2.05) is 49.4 Å². The highest BCUT2D eigenvalue weighted by Crippen LogP contribution is 2.35. The predicted molar refractivity (Wildman–Crippen MR) is 97.2 cm³/mol. The van der Waals surface area contributed by atoms with Crippen LogP contribution in [0.25, 0.3) is 22.3 Å². The predicted octanol–water partition coefficient (Wildman–Crippen LogP) is 3.97. The molecule has 1 amide bonds. The normalized spacial score (nSPS) is 12.0. The Hall–Kier alpha value is -2.95. The van der Waals surface area contributed by atoms with Crippen LogP contribution in [0.15, 0.2) is 46.9 Å². The van der Waals surface area contributed by atoms with Crippen LogP contribution in [0.3, 0.4) is 0 Å². The van der Waals surface area contributed by atoms with Gasteiger partial charge in [-0.1, -0.05) is 6.07 Å². The number of fused-ring (bicyclic) bond motifs is 1. The molecule has 1 aromatic heterocycles. The molecule has 0 aliphatic rings. The second-order valence-electron chi connectivity index (χ2n) is 5.81. The van der Waals surface area contributed by atoms with E-state index in [1.54, 1.807) is 21.3 Å². The fraction of sp³-hybridized carbons (Fsp3) is 0.250. The van der Waals surface area contributed by atoms with Crippen molar-refractivity contribution >= 4 is 16.9 Å². The molecule has 0 spiro atoms. The quantitative estimate of drug-likeness (QED) is 0.764. The zero-order chi connectivity index (χ0) is 18.0. The Kier molecular flexibility index (Phi) is 4.65. The Morgan fingerprint density at radius 1 is 1.04 bits per heavy atom. The van der Waals surface area contributed by atoms with E-state index in [0.717, 1.165) is 27.9 Å². The van der Waals surface area contributed by atoms with Crippen molar-refractivity contribution in [2.75, 3.05) is 21.3 Å². The van der Waals surface area contributed by atoms with Crippen molar-refractivity contribution in [1.29, 1.82) is 0 Å². The molecule has 5 nitrogen and oxygen atoms in total. The molecule has 0 radical (unpaired) electrons. The molecule has 130 valence electrons. The van der Waals surface area contributed by atoms with Crippen LogP contribution < -0.4 is 14.8 Å². The Labute approximate surface area is 146 Å². The van der Waals surface area contributed by atoms with Gasteiger partial charge in [-0.2, -0.15) is 0 Å². The first-order valence-corrected chi connectivity index (χ1v) is 8.05. The van der Waals surface area contributed by atoms with Gasteiger partial charge in [-0.05, 0) is 48.9 Å². The summed E-state index contributed by atoms with van der Waals surface area (Å²) in [6.07, 6.45) is 0. The summed E-state index contributed by atoms with van der Waals surface area (Å²) in [7, 11) is 4.85. The van der Waals surface area contributed by atoms with Crippen molar-refractivity contribution in [1.82, 2.24) is 5.32 Å². The topological polar surface area (TPSA) is 60.7 Å². The highest BCUT2D eigenvalue weighted by molar-refractivity contribution is 5.87. The number of likely N-dealkylation sites (N-methyl/N-ethyl adjacent to an activating group) is 1. The molecule has 3 aromatic rings. The van der Waals surface area contributed by atoms with Gasteiger partial charge in [0.1, 0.15) is 11.3 Å². The van der Waals surface area contributed by atoms with Crippen LogP contribution in [-0.4, -0.2) is 27.2 Å². The first-order valence-electron chi connectivity index (χ1n) is 8.05. The molecule has 1 N–H and O–H groups in total. The van der Waals surface area contributed by atoms with E-state index >= 15 is 0 Å². The van der Waals surface area contributed by atoms with Gasteiger partial charge in [0.2, 0.25) is 5.91 Å². The maximum Gasteiger partial charge on any atom is 0.227 e. The number of carbonyl (C=O) groups is 1. The molecule has 3 rings (SSSR count). The van der Waals surface area contributed by atoms with Crippen LogP contribution in [0, 0.1) is 0 Å². The van der Waals surface area contributed by atoms with Crippen LogP contribution >= 0.6 is 0 Å². The van der Waals surface area contributed by atoms with Gasteiger partial charge in [0.25, 0.3) is 0 Å². The second-order valence-corrected chi connectivity index (χ2v) is 5.81. The van der Waals surface area contributed by atoms with E-state index in [-0.39, 0.29) is 11.8 Å². The molecule has 0 bridgehead atoms. The Morgan fingerprint density at radius 2 is 1.80 bits per heavy atom. The Morgan fingerprint density at radius 3 is 2.48 bits per heavy atom. The summed E-state index contributed by atoms with van der Waals surface area (Å²) >= 11 is 0. The molecule has 1 unspecified atom stereocenters. The van der Waals surface area contributed by atoms with E-state index < -0.39 is 0 Å². The van der Waals surface area contributed by atoms with Gasteiger partial charge in [-0.25, -0.2) is 0 Å². The van der Waals surface area contributed by atoms with Crippen LogP contribution in [-0.2, 0) is 4.79 Å². The maximum atomic E-state index is 11.8. The number of carbonyl (C=O) groups excluding carboxylic acids is 1. The molecule has 2 aromatic carbocycles. The number of nitrogens with one attached hydrogen (secondary N) is 1. The third kappa shape index (κ3) is 3.18. The monoisotopic (exact) mass is 339 g/mol. The first-order chi connectivity index (χ1) is 12.1. The van der Waals surface area contributed by atoms with Crippen LogP contribution in [0.2, 0.25) is 0 Å². The molecular weight excluding hydrogens is 318 g/mol. The van der Waals surface area contributed by atoms with Crippen molar-refractivity contribution in [2.24, 2.45) is 0 Å². The van der Waals surface area contributed by atoms with E-state index in [2.05, 4.69) is 5.32 Å². The second kappa shape index (κ2) is 6.89. The summed E-state index contributed by atoms with van der Waals surface area (Å²) < 4.78 is 16.6. The third-order valence-electron chi connectivity index (χ3n) is 4.35. The van der Waals surface area contributed by atoms with Gasteiger partial charge < -0.3 is 19.2 Å². The number of benzene rings is 2. The van der Waals surface area contributed by atoms with E-state index in [0.29, 0.717) is 11.5 Å². The van der Waals surface area contributed by atoms with Gasteiger partial charge >= 0.3 is 0 Å². The molecule has 0 aliphatic heterocycles. The van der Waals surface area contributed by atoms with Gasteiger partial charge in [-0.3, -0.25) is 4.79 Å². The van der Waals surface area contributed by atoms with Crippen molar-refractivity contribution in [3.05, 3.63) is 48.0 Å². The standard InChI is InChI=1S/C20H21NO4/c1-12(20(22)21-2)13-5-7-16-15(9-13)11-18(25-16)14-6-8-17(23-3)19(10-14)24-4/h5-12H,1-4H3,(H,21,22). The summed E-state index contributed by atoms with van der Waals surface area (Å²) in [6, 6.07) is 13.4. The largest absolute Gasteiger partial charge is 0.493 e. The van der Waals surface area contributed by atoms with Crippen LogP contribution in [0.5, 0.6) is 11.5 Å². The molecule has 1 atom stereocenters. The SMILES string of the molecule is CNC(=O)C(C)c1ccc2oc(-c3ccc(OC)c(OC)c3)cc2c1. The summed E-state index contributed by atoms with van der Waals surface area (Å²) in [6.45, 7) is 1.88. The van der Waals surface area contributed by atoms with E-state index in [9.17, 15) is 4.79 Å². The molecule has 0 saturated heterocycles. The lowest BCUT2D eigenvalue weighted by Crippen LogP contribution is -2.23. The van der Waals surface area contributed by atoms with Gasteiger partial charge in [-0.15, -0.1) is 0 Å². The zero-order valence-corrected chi connectivity index (χ0v) is 14.8. The number of hydrogen-bond donors (Lipinski definition) is 1. The van der Waals surface area contributed by atoms with Gasteiger partial charge in [0.15, 0.2) is 11.5 Å². The summed E-state index contributed by atoms with van der Waals surface area (Å²) in [5.74, 6) is 1.83. The minimum absolute atomic E-state index is 0.0111. The molecule has 5 heteroatoms. The third-order valence-corrected chi connectivity index (χ3v) is 4.35. The molecule has 1 heterocycles. The molecular formula is C20H21NO4. The Bertz CT molecular complexity index is 913. The molecule has 25 heavy (non-hydrogen) atoms. The highest BCUT2D eigenvalue weighted by Gasteiger charge is 2.16. The number of amides is 1. The van der Waals surface area contributed by atoms with Crippen molar-refractivity contribution in [2.45, 2.75) is 12.8 Å². The number of ether oxygens (including phenoxy) is 2. The van der Waals surface area contributed by atoms with Gasteiger partial charge in [0, 0.05) is 18.0 Å². The fourth-order valence-corrected chi connectivity index (χ4v) is 2.83. The average molecular weight is 339 g/mol. The lowest BCUT2D eigenvalue weighted by Gasteiger charge is -2.09. The minimum Gasteiger partial charge on any atom is -0.493 e. The van der Waals surface area contributed by atoms with Crippen molar-refractivity contribution in [3.8, 4) is 22.8 Å². The number of furan rings is 1. The molecule has 0 saturated carbocycles. The summed E-state index contributed by atoms with van der Waals surface area (Å²) in [5, 5.41) is 3.63. The van der Waals surface area contributed by atoms with E-state index in [1.165, 1.54) is 0 Å². The van der Waals surface area contributed by atoms with Gasteiger partial charge in [0.05, 0.1) is 20.1 Å². The molecule has 0 aliphatic carbocycles. The minimum atomic E-state index is -0.214. The highest BCUT2D eigenvalue weighted by atomic mass is 16.5. The molecule has 0 fully saturated rings. The number of rotatable bonds is 5. The van der Waals surface area contributed by atoms with Crippen molar-refractivity contribution < 1.29 is 18.7 Å². The van der Waals surface area contributed by atoms with E-state index in [4.69, 9.17) is 13.9 Å². The lowest BCUT2D eigenvalue weighted by atomic mass is 9.99. The lowest BCUT2D eigenvalue weighted by molar-refractivity contribution is -0.121. The Balaban J connectivity index is 2.00.